The van der Waals surface area contributed by atoms with Gasteiger partial charge in [0.2, 0.25) is 20.0 Å². The third-order valence-electron chi connectivity index (χ3n) is 5.65. The van der Waals surface area contributed by atoms with Crippen LogP contribution in [-0.2, 0) is 20.0 Å². The molecule has 8 nitrogen and oxygen atoms in total. The Morgan fingerprint density at radius 2 is 1.69 bits per heavy atom. The molecular formula is C19H29N3O5S2. The smallest absolute Gasteiger partial charge is 0.251 e. The number of sulfonamides is 2. The second-order valence-electron chi connectivity index (χ2n) is 7.92. The fraction of sp³-hybridized carbons (Fsp3) is 0.632. The highest BCUT2D eigenvalue weighted by Gasteiger charge is 2.31. The molecule has 3 rings (SSSR count). The van der Waals surface area contributed by atoms with E-state index in [2.05, 4.69) is 5.32 Å². The van der Waals surface area contributed by atoms with Crippen molar-refractivity contribution in [1.82, 2.24) is 13.9 Å². The molecule has 0 bridgehead atoms. The third-order valence-corrected chi connectivity index (χ3v) is 8.95. The van der Waals surface area contributed by atoms with E-state index in [0.29, 0.717) is 31.5 Å². The summed E-state index contributed by atoms with van der Waals surface area (Å²) in [6, 6.07) is 5.66. The number of amides is 1. The molecule has 0 aromatic heterocycles. The molecule has 29 heavy (non-hydrogen) atoms. The lowest BCUT2D eigenvalue weighted by Gasteiger charge is -2.32. The predicted molar refractivity (Wildman–Crippen MR) is 111 cm³/mol. The zero-order valence-corrected chi connectivity index (χ0v) is 18.5. The van der Waals surface area contributed by atoms with Crippen LogP contribution in [0.2, 0.25) is 0 Å². The number of carbonyl (C=O) groups is 1. The van der Waals surface area contributed by atoms with Crippen molar-refractivity contribution in [3.05, 3.63) is 29.8 Å². The van der Waals surface area contributed by atoms with Crippen LogP contribution in [0, 0.1) is 0 Å². The van der Waals surface area contributed by atoms with Crippen molar-refractivity contribution in [3.63, 3.8) is 0 Å². The van der Waals surface area contributed by atoms with Crippen LogP contribution in [0.1, 0.15) is 49.4 Å². The Morgan fingerprint density at radius 1 is 1.00 bits per heavy atom. The van der Waals surface area contributed by atoms with Gasteiger partial charge in [0.25, 0.3) is 5.91 Å². The number of hydrogen-bond acceptors (Lipinski definition) is 5. The standard InChI is InChI=1S/C19H29N3O5S2/c1-15-6-3-4-13-22(15)29(26,27)18-10-8-16(9-11-18)19(23)20-17-7-5-12-21(14-17)28(2,24)25/h8-11,15,17H,3-7,12-14H2,1-2H3,(H,20,23). The minimum absolute atomic E-state index is 0.0270. The van der Waals surface area contributed by atoms with Crippen LogP contribution in [0.25, 0.3) is 0 Å². The maximum atomic E-state index is 12.9. The molecule has 2 heterocycles. The molecule has 2 fully saturated rings. The SMILES string of the molecule is CC1CCCCN1S(=O)(=O)c1ccc(C(=O)NC2CCCN(S(C)(=O)=O)C2)cc1. The van der Waals surface area contributed by atoms with Gasteiger partial charge in [-0.3, -0.25) is 4.79 Å². The Hall–Kier alpha value is -1.49. The number of nitrogens with zero attached hydrogens (tertiary/aromatic N) is 2. The summed E-state index contributed by atoms with van der Waals surface area (Å²) in [5, 5.41) is 2.86. The number of rotatable bonds is 5. The molecule has 2 unspecified atom stereocenters. The molecule has 0 spiro atoms. The molecule has 162 valence electrons. The van der Waals surface area contributed by atoms with E-state index in [1.54, 1.807) is 0 Å². The van der Waals surface area contributed by atoms with Gasteiger partial charge in [-0.15, -0.1) is 0 Å². The lowest BCUT2D eigenvalue weighted by molar-refractivity contribution is 0.0921. The molecule has 1 aromatic rings. The van der Waals surface area contributed by atoms with E-state index in [9.17, 15) is 21.6 Å². The molecule has 1 N–H and O–H groups in total. The van der Waals surface area contributed by atoms with Gasteiger partial charge in [0, 0.05) is 37.3 Å². The number of carbonyl (C=O) groups excluding carboxylic acids is 1. The average molecular weight is 444 g/mol. The maximum absolute atomic E-state index is 12.9. The molecule has 1 amide bonds. The minimum Gasteiger partial charge on any atom is -0.348 e. The zero-order valence-electron chi connectivity index (χ0n) is 16.9. The molecule has 2 saturated heterocycles. The Kier molecular flexibility index (Phi) is 6.67. The highest BCUT2D eigenvalue weighted by atomic mass is 32.2. The van der Waals surface area contributed by atoms with Crippen LogP contribution in [0.5, 0.6) is 0 Å². The van der Waals surface area contributed by atoms with E-state index in [0.717, 1.165) is 19.3 Å². The minimum atomic E-state index is -3.58. The molecule has 2 aliphatic heterocycles. The first-order chi connectivity index (χ1) is 13.6. The second kappa shape index (κ2) is 8.71. The van der Waals surface area contributed by atoms with Gasteiger partial charge in [-0.2, -0.15) is 4.31 Å². The number of piperidine rings is 2. The van der Waals surface area contributed by atoms with Crippen LogP contribution in [0.4, 0.5) is 0 Å². The molecule has 0 radical (unpaired) electrons. The van der Waals surface area contributed by atoms with Crippen molar-refractivity contribution in [2.75, 3.05) is 25.9 Å². The van der Waals surface area contributed by atoms with Gasteiger partial charge in [-0.05, 0) is 56.9 Å². The number of benzene rings is 1. The molecule has 0 aliphatic carbocycles. The molecule has 1 aromatic carbocycles. The Morgan fingerprint density at radius 3 is 2.31 bits per heavy atom. The quantitative estimate of drug-likeness (QED) is 0.741. The van der Waals surface area contributed by atoms with Crippen LogP contribution in [0.3, 0.4) is 0 Å². The summed E-state index contributed by atoms with van der Waals surface area (Å²) in [7, 11) is -6.86. The van der Waals surface area contributed by atoms with Crippen molar-refractivity contribution in [2.45, 2.75) is 56.0 Å². The van der Waals surface area contributed by atoms with Crippen molar-refractivity contribution in [1.29, 1.82) is 0 Å². The van der Waals surface area contributed by atoms with E-state index in [1.165, 1.54) is 39.1 Å². The van der Waals surface area contributed by atoms with Crippen molar-refractivity contribution >= 4 is 26.0 Å². The van der Waals surface area contributed by atoms with Gasteiger partial charge in [-0.1, -0.05) is 6.42 Å². The van der Waals surface area contributed by atoms with E-state index in [1.807, 2.05) is 6.92 Å². The average Bonchev–Trinajstić information content (AvgIpc) is 2.68. The van der Waals surface area contributed by atoms with Gasteiger partial charge in [-0.25, -0.2) is 21.1 Å². The highest BCUT2D eigenvalue weighted by molar-refractivity contribution is 7.89. The maximum Gasteiger partial charge on any atom is 0.251 e. The number of hydrogen-bond donors (Lipinski definition) is 1. The van der Waals surface area contributed by atoms with E-state index in [-0.39, 0.29) is 29.4 Å². The fourth-order valence-corrected chi connectivity index (χ4v) is 6.58. The summed E-state index contributed by atoms with van der Waals surface area (Å²) in [5.74, 6) is -0.333. The topological polar surface area (TPSA) is 104 Å². The molecule has 2 atom stereocenters. The first-order valence-electron chi connectivity index (χ1n) is 9.97. The number of nitrogens with one attached hydrogen (secondary N) is 1. The van der Waals surface area contributed by atoms with Crippen molar-refractivity contribution < 1.29 is 21.6 Å². The molecular weight excluding hydrogens is 414 g/mol. The first-order valence-corrected chi connectivity index (χ1v) is 13.3. The summed E-state index contributed by atoms with van der Waals surface area (Å²) in [6.07, 6.45) is 5.30. The monoisotopic (exact) mass is 443 g/mol. The van der Waals surface area contributed by atoms with Crippen LogP contribution >= 0.6 is 0 Å². The van der Waals surface area contributed by atoms with Gasteiger partial charge < -0.3 is 5.32 Å². The van der Waals surface area contributed by atoms with E-state index < -0.39 is 20.0 Å². The Bertz CT molecular complexity index is 945. The normalized spacial score (nSPS) is 24.9. The van der Waals surface area contributed by atoms with Crippen molar-refractivity contribution in [3.8, 4) is 0 Å². The zero-order chi connectivity index (χ0) is 21.2. The van der Waals surface area contributed by atoms with E-state index >= 15 is 0 Å². The summed E-state index contributed by atoms with van der Waals surface area (Å²) < 4.78 is 52.1. The summed E-state index contributed by atoms with van der Waals surface area (Å²) in [5.41, 5.74) is 0.354. The summed E-state index contributed by atoms with van der Waals surface area (Å²) >= 11 is 0. The second-order valence-corrected chi connectivity index (χ2v) is 11.8. The lowest BCUT2D eigenvalue weighted by Crippen LogP contribution is -2.49. The molecule has 0 saturated carbocycles. The highest BCUT2D eigenvalue weighted by Crippen LogP contribution is 2.25. The summed E-state index contributed by atoms with van der Waals surface area (Å²) in [4.78, 5) is 12.7. The van der Waals surface area contributed by atoms with Crippen LogP contribution in [0.15, 0.2) is 29.2 Å². The van der Waals surface area contributed by atoms with Crippen LogP contribution < -0.4 is 5.32 Å². The van der Waals surface area contributed by atoms with Gasteiger partial charge in [0.1, 0.15) is 0 Å². The summed E-state index contributed by atoms with van der Waals surface area (Å²) in [6.45, 7) is 3.16. The fourth-order valence-electron chi connectivity index (χ4n) is 3.97. The van der Waals surface area contributed by atoms with Crippen molar-refractivity contribution in [2.24, 2.45) is 0 Å². The molecule has 2 aliphatic rings. The third kappa shape index (κ3) is 5.17. The lowest BCUT2D eigenvalue weighted by atomic mass is 10.1. The Labute approximate surface area is 173 Å². The van der Waals surface area contributed by atoms with Gasteiger partial charge >= 0.3 is 0 Å². The van der Waals surface area contributed by atoms with E-state index in [4.69, 9.17) is 0 Å². The van der Waals surface area contributed by atoms with Gasteiger partial charge in [0.15, 0.2) is 0 Å². The van der Waals surface area contributed by atoms with Gasteiger partial charge in [0.05, 0.1) is 11.2 Å². The Balaban J connectivity index is 1.67. The molecule has 10 heteroatoms. The predicted octanol–water partition coefficient (Wildman–Crippen LogP) is 1.40. The van der Waals surface area contributed by atoms with Crippen LogP contribution in [-0.4, -0.2) is 69.3 Å². The largest absolute Gasteiger partial charge is 0.348 e. The first kappa shape index (κ1) is 22.2.